The lowest BCUT2D eigenvalue weighted by Gasteiger charge is -2.14. The van der Waals surface area contributed by atoms with Gasteiger partial charge in [-0.15, -0.1) is 11.8 Å². The Hall–Kier alpha value is -1.72. The van der Waals surface area contributed by atoms with E-state index in [0.29, 0.717) is 18.0 Å². The number of aryl methyl sites for hydroxylation is 1. The number of amides is 1. The maximum absolute atomic E-state index is 12.9. The highest BCUT2D eigenvalue weighted by molar-refractivity contribution is 7.99. The maximum atomic E-state index is 12.9. The van der Waals surface area contributed by atoms with E-state index in [1.165, 1.54) is 12.1 Å². The predicted molar refractivity (Wildman–Crippen MR) is 106 cm³/mol. The lowest BCUT2D eigenvalue weighted by atomic mass is 10.1. The fourth-order valence-electron chi connectivity index (χ4n) is 2.64. The molecule has 2 aromatic rings. The summed E-state index contributed by atoms with van der Waals surface area (Å²) in [5.41, 5.74) is 1.80. The van der Waals surface area contributed by atoms with Gasteiger partial charge < -0.3 is 10.1 Å². The Morgan fingerprint density at radius 2 is 2.00 bits per heavy atom. The van der Waals surface area contributed by atoms with Crippen molar-refractivity contribution in [2.24, 2.45) is 0 Å². The molecule has 0 saturated carbocycles. The van der Waals surface area contributed by atoms with Gasteiger partial charge in [-0.2, -0.15) is 0 Å². The monoisotopic (exact) mass is 395 g/mol. The first-order valence-corrected chi connectivity index (χ1v) is 9.66. The van der Waals surface area contributed by atoms with Gasteiger partial charge in [0.2, 0.25) is 5.91 Å². The first-order chi connectivity index (χ1) is 12.4. The Bertz CT molecular complexity index is 752. The summed E-state index contributed by atoms with van der Waals surface area (Å²) in [5.74, 6) is 0.485. The molecule has 6 heteroatoms. The highest BCUT2D eigenvalue weighted by Gasteiger charge is 2.11. The van der Waals surface area contributed by atoms with Crippen molar-refractivity contribution >= 4 is 29.3 Å². The summed E-state index contributed by atoms with van der Waals surface area (Å²) in [4.78, 5) is 13.1. The minimum absolute atomic E-state index is 0.0174. The number of methoxy groups -OCH3 is 1. The predicted octanol–water partition coefficient (Wildman–Crippen LogP) is 5.37. The van der Waals surface area contributed by atoms with Crippen molar-refractivity contribution in [1.29, 1.82) is 0 Å². The number of hydrogen-bond acceptors (Lipinski definition) is 3. The normalized spacial score (nSPS) is 11.9. The van der Waals surface area contributed by atoms with Crippen LogP contribution in [0.4, 0.5) is 4.39 Å². The highest BCUT2D eigenvalue weighted by Crippen LogP contribution is 2.28. The van der Waals surface area contributed by atoms with Crippen molar-refractivity contribution in [1.82, 2.24) is 5.32 Å². The van der Waals surface area contributed by atoms with Gasteiger partial charge in [-0.25, -0.2) is 4.39 Å². The molecule has 0 aliphatic rings. The average molecular weight is 396 g/mol. The quantitative estimate of drug-likeness (QED) is 0.610. The third-order valence-electron chi connectivity index (χ3n) is 3.93. The molecule has 1 N–H and O–H groups in total. The average Bonchev–Trinajstić information content (AvgIpc) is 2.59. The summed E-state index contributed by atoms with van der Waals surface area (Å²) in [6, 6.07) is 10.0. The minimum Gasteiger partial charge on any atom is -0.496 e. The molecule has 1 amide bonds. The fourth-order valence-corrected chi connectivity index (χ4v) is 3.93. The van der Waals surface area contributed by atoms with Crippen LogP contribution in [-0.4, -0.2) is 18.3 Å². The number of thioether (sulfide) groups is 1. The number of hydrogen-bond donors (Lipinski definition) is 1. The number of halogens is 2. The molecule has 2 aromatic carbocycles. The van der Waals surface area contributed by atoms with Crippen LogP contribution < -0.4 is 10.1 Å². The van der Waals surface area contributed by atoms with Crippen molar-refractivity contribution in [2.45, 2.75) is 43.4 Å². The smallest absolute Gasteiger partial charge is 0.220 e. The summed E-state index contributed by atoms with van der Waals surface area (Å²) < 4.78 is 18.3. The van der Waals surface area contributed by atoms with Crippen molar-refractivity contribution in [3.05, 3.63) is 58.4 Å². The maximum Gasteiger partial charge on any atom is 0.220 e. The van der Waals surface area contributed by atoms with E-state index in [4.69, 9.17) is 16.3 Å². The summed E-state index contributed by atoms with van der Waals surface area (Å²) in [5, 5.41) is 3.80. The van der Waals surface area contributed by atoms with E-state index in [1.807, 2.05) is 13.0 Å². The SMILES string of the molecule is COc1c(C)cc(Cl)cc1CNC(=O)CCC(C)Sc1ccc(F)cc1. The largest absolute Gasteiger partial charge is 0.496 e. The van der Waals surface area contributed by atoms with Gasteiger partial charge in [-0.05, 0) is 55.3 Å². The van der Waals surface area contributed by atoms with Gasteiger partial charge in [0.1, 0.15) is 11.6 Å². The number of ether oxygens (including phenoxy) is 1. The van der Waals surface area contributed by atoms with Crippen LogP contribution >= 0.6 is 23.4 Å². The van der Waals surface area contributed by atoms with Gasteiger partial charge in [0, 0.05) is 33.7 Å². The summed E-state index contributed by atoms with van der Waals surface area (Å²) in [6.07, 6.45) is 1.16. The van der Waals surface area contributed by atoms with Crippen LogP contribution in [0, 0.1) is 12.7 Å². The van der Waals surface area contributed by atoms with Gasteiger partial charge in [-0.3, -0.25) is 4.79 Å². The van der Waals surface area contributed by atoms with Gasteiger partial charge in [0.05, 0.1) is 7.11 Å². The minimum atomic E-state index is -0.243. The van der Waals surface area contributed by atoms with Gasteiger partial charge in [0.15, 0.2) is 0 Å². The third kappa shape index (κ3) is 6.22. The zero-order chi connectivity index (χ0) is 19.1. The van der Waals surface area contributed by atoms with E-state index in [-0.39, 0.29) is 17.0 Å². The molecular formula is C20H23ClFNO2S. The van der Waals surface area contributed by atoms with E-state index >= 15 is 0 Å². The lowest BCUT2D eigenvalue weighted by molar-refractivity contribution is -0.121. The number of nitrogens with one attached hydrogen (secondary N) is 1. The van der Waals surface area contributed by atoms with Crippen LogP contribution in [0.5, 0.6) is 5.75 Å². The Kier molecular flexibility index (Phi) is 7.79. The van der Waals surface area contributed by atoms with E-state index in [0.717, 1.165) is 28.2 Å². The van der Waals surface area contributed by atoms with Crippen LogP contribution in [-0.2, 0) is 11.3 Å². The second kappa shape index (κ2) is 9.83. The molecule has 0 aliphatic carbocycles. The molecule has 140 valence electrons. The first-order valence-electron chi connectivity index (χ1n) is 8.41. The lowest BCUT2D eigenvalue weighted by Crippen LogP contribution is -2.23. The van der Waals surface area contributed by atoms with Crippen molar-refractivity contribution < 1.29 is 13.9 Å². The Balaban J connectivity index is 1.81. The van der Waals surface area contributed by atoms with Crippen molar-refractivity contribution in [2.75, 3.05) is 7.11 Å². The van der Waals surface area contributed by atoms with Crippen molar-refractivity contribution in [3.63, 3.8) is 0 Å². The summed E-state index contributed by atoms with van der Waals surface area (Å²) >= 11 is 7.72. The second-order valence-electron chi connectivity index (χ2n) is 6.11. The Morgan fingerprint density at radius 3 is 2.65 bits per heavy atom. The van der Waals surface area contributed by atoms with E-state index in [1.54, 1.807) is 37.1 Å². The number of benzene rings is 2. The molecular weight excluding hydrogens is 373 g/mol. The number of carbonyl (C=O) groups is 1. The summed E-state index contributed by atoms with van der Waals surface area (Å²) in [7, 11) is 1.61. The molecule has 26 heavy (non-hydrogen) atoms. The zero-order valence-corrected chi connectivity index (χ0v) is 16.7. The van der Waals surface area contributed by atoms with Crippen LogP contribution in [0.1, 0.15) is 30.9 Å². The molecule has 1 unspecified atom stereocenters. The molecule has 0 heterocycles. The van der Waals surface area contributed by atoms with Crippen molar-refractivity contribution in [3.8, 4) is 5.75 Å². The van der Waals surface area contributed by atoms with Gasteiger partial charge in [-0.1, -0.05) is 18.5 Å². The summed E-state index contributed by atoms with van der Waals surface area (Å²) in [6.45, 7) is 4.36. The standard InChI is InChI=1S/C20H23ClFNO2S/c1-13-10-16(21)11-15(20(13)25-3)12-23-19(24)9-4-14(2)26-18-7-5-17(22)6-8-18/h5-8,10-11,14H,4,9,12H2,1-3H3,(H,23,24). The zero-order valence-electron chi connectivity index (χ0n) is 15.1. The van der Waals surface area contributed by atoms with Crippen LogP contribution in [0.25, 0.3) is 0 Å². The molecule has 0 spiro atoms. The molecule has 0 saturated heterocycles. The molecule has 0 bridgehead atoms. The van der Waals surface area contributed by atoms with E-state index in [2.05, 4.69) is 12.2 Å². The highest BCUT2D eigenvalue weighted by atomic mass is 35.5. The number of rotatable bonds is 8. The van der Waals surface area contributed by atoms with E-state index < -0.39 is 0 Å². The fraction of sp³-hybridized carbons (Fsp3) is 0.350. The molecule has 0 aliphatic heterocycles. The van der Waals surface area contributed by atoms with E-state index in [9.17, 15) is 9.18 Å². The molecule has 0 fully saturated rings. The molecule has 0 radical (unpaired) electrons. The molecule has 3 nitrogen and oxygen atoms in total. The molecule has 2 rings (SSSR count). The Labute approximate surface area is 163 Å². The third-order valence-corrected chi connectivity index (χ3v) is 5.33. The molecule has 0 aromatic heterocycles. The number of carbonyl (C=O) groups excluding carboxylic acids is 1. The molecule has 1 atom stereocenters. The topological polar surface area (TPSA) is 38.3 Å². The second-order valence-corrected chi connectivity index (χ2v) is 8.06. The van der Waals surface area contributed by atoms with Crippen LogP contribution in [0.15, 0.2) is 41.3 Å². The Morgan fingerprint density at radius 1 is 1.31 bits per heavy atom. The van der Waals surface area contributed by atoms with Crippen LogP contribution in [0.3, 0.4) is 0 Å². The van der Waals surface area contributed by atoms with Crippen LogP contribution in [0.2, 0.25) is 5.02 Å². The van der Waals surface area contributed by atoms with Gasteiger partial charge in [0.25, 0.3) is 0 Å². The van der Waals surface area contributed by atoms with Gasteiger partial charge >= 0.3 is 0 Å². The first kappa shape index (κ1) is 20.6.